The van der Waals surface area contributed by atoms with Crippen molar-refractivity contribution in [1.82, 2.24) is 5.32 Å². The molecule has 1 amide bonds. The van der Waals surface area contributed by atoms with Crippen molar-refractivity contribution in [3.05, 3.63) is 35.4 Å². The van der Waals surface area contributed by atoms with E-state index in [1.54, 1.807) is 39.0 Å². The Morgan fingerprint density at radius 1 is 1.47 bits per heavy atom. The molecule has 1 atom stereocenters. The van der Waals surface area contributed by atoms with E-state index in [1.807, 2.05) is 6.07 Å². The van der Waals surface area contributed by atoms with Crippen LogP contribution in [0.3, 0.4) is 0 Å². The molecule has 1 aromatic carbocycles. The summed E-state index contributed by atoms with van der Waals surface area (Å²) in [6, 6.07) is 8.69. The molecule has 0 fully saturated rings. The lowest BCUT2D eigenvalue weighted by atomic mass is 10.0. The van der Waals surface area contributed by atoms with E-state index in [0.717, 1.165) is 0 Å². The Morgan fingerprint density at radius 2 is 2.11 bits per heavy atom. The van der Waals surface area contributed by atoms with E-state index < -0.39 is 17.7 Å². The molecule has 0 spiro atoms. The summed E-state index contributed by atoms with van der Waals surface area (Å²) in [5.41, 5.74) is 6.64. The number of amides is 1. The first-order chi connectivity index (χ1) is 8.83. The highest BCUT2D eigenvalue weighted by Gasteiger charge is 2.17. The third-order valence-electron chi connectivity index (χ3n) is 2.35. The standard InChI is InChI=1S/C14H19N3O2/c1-14(2,3)19-13(18)17-9-12(16)11-7-5-4-6-10(11)8-15/h4-7,12H,9,16H2,1-3H3,(H,17,18)/t12-/m1/s1. The number of nitriles is 1. The average Bonchev–Trinajstić information content (AvgIpc) is 2.33. The highest BCUT2D eigenvalue weighted by atomic mass is 16.6. The van der Waals surface area contributed by atoms with Gasteiger partial charge in [0.25, 0.3) is 0 Å². The molecule has 0 aliphatic heterocycles. The second kappa shape index (κ2) is 6.21. The zero-order valence-corrected chi connectivity index (χ0v) is 11.4. The lowest BCUT2D eigenvalue weighted by Gasteiger charge is -2.21. The van der Waals surface area contributed by atoms with Crippen molar-refractivity contribution in [1.29, 1.82) is 5.26 Å². The Kier molecular flexibility index (Phi) is 4.90. The SMILES string of the molecule is CC(C)(C)OC(=O)NC[C@@H](N)c1ccccc1C#N. The molecule has 0 bridgehead atoms. The number of alkyl carbamates (subject to hydrolysis) is 1. The molecule has 19 heavy (non-hydrogen) atoms. The minimum absolute atomic E-state index is 0.216. The molecule has 0 aliphatic carbocycles. The third kappa shape index (κ3) is 4.98. The Labute approximate surface area is 113 Å². The van der Waals surface area contributed by atoms with Gasteiger partial charge in [-0.15, -0.1) is 0 Å². The van der Waals surface area contributed by atoms with Crippen LogP contribution in [0.25, 0.3) is 0 Å². The number of ether oxygens (including phenoxy) is 1. The van der Waals surface area contributed by atoms with Gasteiger partial charge in [0.15, 0.2) is 0 Å². The summed E-state index contributed by atoms with van der Waals surface area (Å²) in [4.78, 5) is 11.5. The van der Waals surface area contributed by atoms with Crippen molar-refractivity contribution in [3.63, 3.8) is 0 Å². The molecule has 5 nitrogen and oxygen atoms in total. The zero-order valence-electron chi connectivity index (χ0n) is 11.4. The number of rotatable bonds is 3. The van der Waals surface area contributed by atoms with Gasteiger partial charge in [-0.1, -0.05) is 18.2 Å². The predicted octanol–water partition coefficient (Wildman–Crippen LogP) is 2.08. The van der Waals surface area contributed by atoms with E-state index in [0.29, 0.717) is 11.1 Å². The largest absolute Gasteiger partial charge is 0.444 e. The van der Waals surface area contributed by atoms with E-state index in [4.69, 9.17) is 15.7 Å². The molecule has 0 aromatic heterocycles. The number of benzene rings is 1. The number of carbonyl (C=O) groups is 1. The molecule has 0 heterocycles. The normalized spacial score (nSPS) is 12.4. The lowest BCUT2D eigenvalue weighted by Crippen LogP contribution is -2.36. The van der Waals surface area contributed by atoms with E-state index in [9.17, 15) is 4.79 Å². The number of hydrogen-bond acceptors (Lipinski definition) is 4. The summed E-state index contributed by atoms with van der Waals surface area (Å²) < 4.78 is 5.11. The van der Waals surface area contributed by atoms with Gasteiger partial charge in [-0.05, 0) is 32.4 Å². The van der Waals surface area contributed by atoms with Crippen LogP contribution in [0.15, 0.2) is 24.3 Å². The minimum atomic E-state index is -0.543. The van der Waals surface area contributed by atoms with Crippen LogP contribution < -0.4 is 11.1 Å². The zero-order chi connectivity index (χ0) is 14.5. The highest BCUT2D eigenvalue weighted by molar-refractivity contribution is 5.67. The summed E-state index contributed by atoms with van der Waals surface area (Å²) in [5.74, 6) is 0. The molecule has 0 radical (unpaired) electrons. The second-order valence-electron chi connectivity index (χ2n) is 5.19. The molecule has 0 saturated carbocycles. The van der Waals surface area contributed by atoms with Crippen LogP contribution in [0.1, 0.15) is 37.9 Å². The molecule has 102 valence electrons. The monoisotopic (exact) mass is 261 g/mol. The Morgan fingerprint density at radius 3 is 2.68 bits per heavy atom. The summed E-state index contributed by atoms with van der Waals surface area (Å²) in [7, 11) is 0. The van der Waals surface area contributed by atoms with Gasteiger partial charge in [-0.25, -0.2) is 4.79 Å². The maximum atomic E-state index is 11.5. The Bertz CT molecular complexity index is 486. The summed E-state index contributed by atoms with van der Waals surface area (Å²) in [5, 5.41) is 11.6. The first kappa shape index (κ1) is 15.0. The van der Waals surface area contributed by atoms with Gasteiger partial charge < -0.3 is 15.8 Å². The van der Waals surface area contributed by atoms with E-state index in [2.05, 4.69) is 11.4 Å². The molecular formula is C14H19N3O2. The number of nitrogens with zero attached hydrogens (tertiary/aromatic N) is 1. The molecule has 1 rings (SSSR count). The smallest absolute Gasteiger partial charge is 0.407 e. The van der Waals surface area contributed by atoms with Crippen molar-refractivity contribution in [2.24, 2.45) is 5.73 Å². The van der Waals surface area contributed by atoms with Gasteiger partial charge in [0, 0.05) is 12.6 Å². The number of nitrogens with two attached hydrogens (primary N) is 1. The molecule has 0 unspecified atom stereocenters. The van der Waals surface area contributed by atoms with Crippen LogP contribution in [-0.2, 0) is 4.74 Å². The maximum absolute atomic E-state index is 11.5. The number of nitrogens with one attached hydrogen (secondary N) is 1. The van der Waals surface area contributed by atoms with Crippen LogP contribution in [0.5, 0.6) is 0 Å². The van der Waals surface area contributed by atoms with Gasteiger partial charge in [0.05, 0.1) is 11.6 Å². The molecule has 0 aliphatic rings. The number of hydrogen-bond donors (Lipinski definition) is 2. The van der Waals surface area contributed by atoms with Crippen molar-refractivity contribution in [3.8, 4) is 6.07 Å². The lowest BCUT2D eigenvalue weighted by molar-refractivity contribution is 0.0524. The van der Waals surface area contributed by atoms with E-state index >= 15 is 0 Å². The third-order valence-corrected chi connectivity index (χ3v) is 2.35. The van der Waals surface area contributed by atoms with Crippen LogP contribution in [0, 0.1) is 11.3 Å². The summed E-state index contributed by atoms with van der Waals surface area (Å²) in [6.45, 7) is 5.58. The van der Waals surface area contributed by atoms with Crippen LogP contribution in [0.2, 0.25) is 0 Å². The minimum Gasteiger partial charge on any atom is -0.444 e. The maximum Gasteiger partial charge on any atom is 0.407 e. The van der Waals surface area contributed by atoms with E-state index in [-0.39, 0.29) is 6.54 Å². The Balaban J connectivity index is 2.59. The van der Waals surface area contributed by atoms with Gasteiger partial charge in [-0.2, -0.15) is 5.26 Å². The number of carbonyl (C=O) groups excluding carboxylic acids is 1. The summed E-state index contributed by atoms with van der Waals surface area (Å²) >= 11 is 0. The van der Waals surface area contributed by atoms with Crippen molar-refractivity contribution in [2.45, 2.75) is 32.4 Å². The van der Waals surface area contributed by atoms with Crippen molar-refractivity contribution >= 4 is 6.09 Å². The summed E-state index contributed by atoms with van der Waals surface area (Å²) in [6.07, 6.45) is -0.516. The molecule has 1 aromatic rings. The van der Waals surface area contributed by atoms with E-state index in [1.165, 1.54) is 0 Å². The molecule has 5 heteroatoms. The fraction of sp³-hybridized carbons (Fsp3) is 0.429. The first-order valence-electron chi connectivity index (χ1n) is 6.05. The van der Waals surface area contributed by atoms with Gasteiger partial charge in [-0.3, -0.25) is 0 Å². The topological polar surface area (TPSA) is 88.1 Å². The predicted molar refractivity (Wildman–Crippen MR) is 72.3 cm³/mol. The van der Waals surface area contributed by atoms with Crippen LogP contribution in [-0.4, -0.2) is 18.2 Å². The fourth-order valence-corrected chi connectivity index (χ4v) is 1.54. The average molecular weight is 261 g/mol. The second-order valence-corrected chi connectivity index (χ2v) is 5.19. The quantitative estimate of drug-likeness (QED) is 0.872. The fourth-order valence-electron chi connectivity index (χ4n) is 1.54. The molecule has 0 saturated heterocycles. The first-order valence-corrected chi connectivity index (χ1v) is 6.05. The molecular weight excluding hydrogens is 242 g/mol. The van der Waals surface area contributed by atoms with Crippen LogP contribution >= 0.6 is 0 Å². The Hall–Kier alpha value is -2.06. The molecule has 3 N–H and O–H groups in total. The van der Waals surface area contributed by atoms with Gasteiger partial charge >= 0.3 is 6.09 Å². The van der Waals surface area contributed by atoms with Gasteiger partial charge in [0.1, 0.15) is 5.60 Å². The van der Waals surface area contributed by atoms with Crippen molar-refractivity contribution < 1.29 is 9.53 Å². The van der Waals surface area contributed by atoms with Crippen LogP contribution in [0.4, 0.5) is 4.79 Å². The van der Waals surface area contributed by atoms with Gasteiger partial charge in [0.2, 0.25) is 0 Å². The highest BCUT2D eigenvalue weighted by Crippen LogP contribution is 2.14. The van der Waals surface area contributed by atoms with Crippen molar-refractivity contribution in [2.75, 3.05) is 6.54 Å².